The Labute approximate surface area is 147 Å². The number of hydrogen-bond donors (Lipinski definition) is 1. The van der Waals surface area contributed by atoms with Crippen LogP contribution in [-0.2, 0) is 11.3 Å². The summed E-state index contributed by atoms with van der Waals surface area (Å²) in [4.78, 5) is 23.4. The van der Waals surface area contributed by atoms with E-state index in [-0.39, 0.29) is 5.91 Å². The predicted octanol–water partition coefficient (Wildman–Crippen LogP) is 1.56. The highest BCUT2D eigenvalue weighted by molar-refractivity contribution is 5.92. The molecule has 1 amide bonds. The lowest BCUT2D eigenvalue weighted by Gasteiger charge is -2.27. The summed E-state index contributed by atoms with van der Waals surface area (Å²) in [7, 11) is 1.63. The van der Waals surface area contributed by atoms with E-state index in [1.165, 1.54) is 0 Å². The number of nitrogens with zero attached hydrogens (tertiary/aromatic N) is 3. The number of benzene rings is 1. The lowest BCUT2D eigenvalue weighted by molar-refractivity contribution is 0.0945. The topological polar surface area (TPSA) is 76.6 Å². The Bertz CT molecular complexity index is 728. The zero-order valence-corrected chi connectivity index (χ0v) is 14.5. The van der Waals surface area contributed by atoms with Crippen molar-refractivity contribution in [3.63, 3.8) is 0 Å². The molecule has 2 heterocycles. The molecule has 1 fully saturated rings. The van der Waals surface area contributed by atoms with Crippen LogP contribution in [0.1, 0.15) is 21.7 Å². The van der Waals surface area contributed by atoms with Crippen molar-refractivity contribution < 1.29 is 14.3 Å². The largest absolute Gasteiger partial charge is 0.497 e. The summed E-state index contributed by atoms with van der Waals surface area (Å²) >= 11 is 0. The molecule has 2 aromatic rings. The maximum absolute atomic E-state index is 12.5. The molecule has 0 saturated carbocycles. The van der Waals surface area contributed by atoms with Crippen LogP contribution in [0.15, 0.2) is 30.3 Å². The molecular formula is C18H22N4O3. The monoisotopic (exact) mass is 342 g/mol. The summed E-state index contributed by atoms with van der Waals surface area (Å²) in [6, 6.07) is 9.28. The van der Waals surface area contributed by atoms with Crippen LogP contribution < -0.4 is 15.0 Å². The quantitative estimate of drug-likeness (QED) is 0.889. The minimum atomic E-state index is -0.212. The van der Waals surface area contributed by atoms with Gasteiger partial charge in [-0.05, 0) is 30.7 Å². The van der Waals surface area contributed by atoms with Crippen LogP contribution in [0, 0.1) is 6.92 Å². The van der Waals surface area contributed by atoms with E-state index in [2.05, 4.69) is 15.3 Å². The van der Waals surface area contributed by atoms with Crippen LogP contribution in [0.5, 0.6) is 5.75 Å². The molecule has 7 heteroatoms. The molecule has 1 aliphatic rings. The van der Waals surface area contributed by atoms with E-state index >= 15 is 0 Å². The minimum absolute atomic E-state index is 0.212. The van der Waals surface area contributed by atoms with Crippen molar-refractivity contribution in [2.45, 2.75) is 13.5 Å². The van der Waals surface area contributed by atoms with Crippen molar-refractivity contribution in [2.24, 2.45) is 0 Å². The van der Waals surface area contributed by atoms with Gasteiger partial charge in [0.15, 0.2) is 0 Å². The Hall–Kier alpha value is -2.67. The van der Waals surface area contributed by atoms with Crippen LogP contribution in [0.2, 0.25) is 0 Å². The number of ether oxygens (including phenoxy) is 2. The van der Waals surface area contributed by atoms with Crippen molar-refractivity contribution in [1.29, 1.82) is 0 Å². The number of hydrogen-bond acceptors (Lipinski definition) is 6. The van der Waals surface area contributed by atoms with Gasteiger partial charge in [-0.3, -0.25) is 4.79 Å². The van der Waals surface area contributed by atoms with Crippen molar-refractivity contribution in [3.05, 3.63) is 47.3 Å². The second kappa shape index (κ2) is 7.94. The lowest BCUT2D eigenvalue weighted by atomic mass is 10.2. The maximum Gasteiger partial charge on any atom is 0.270 e. The smallest absolute Gasteiger partial charge is 0.270 e. The molecule has 25 heavy (non-hydrogen) atoms. The van der Waals surface area contributed by atoms with Gasteiger partial charge >= 0.3 is 0 Å². The highest BCUT2D eigenvalue weighted by Crippen LogP contribution is 2.13. The first-order chi connectivity index (χ1) is 12.2. The third-order valence-electron chi connectivity index (χ3n) is 3.98. The number of aryl methyl sites for hydroxylation is 1. The zero-order chi connectivity index (χ0) is 17.6. The molecule has 1 saturated heterocycles. The molecule has 0 spiro atoms. The summed E-state index contributed by atoms with van der Waals surface area (Å²) in [6.45, 7) is 5.06. The molecular weight excluding hydrogens is 320 g/mol. The third kappa shape index (κ3) is 4.45. The summed E-state index contributed by atoms with van der Waals surface area (Å²) in [6.07, 6.45) is 0. The summed E-state index contributed by atoms with van der Waals surface area (Å²) < 4.78 is 10.5. The highest BCUT2D eigenvalue weighted by atomic mass is 16.5. The Kier molecular flexibility index (Phi) is 5.45. The number of carbonyl (C=O) groups is 1. The number of amides is 1. The van der Waals surface area contributed by atoms with Crippen LogP contribution >= 0.6 is 0 Å². The fourth-order valence-corrected chi connectivity index (χ4v) is 2.59. The number of nitrogens with one attached hydrogen (secondary N) is 1. The standard InChI is InChI=1S/C18H22N4O3/c1-13-11-16(21-18(20-13)22-7-9-25-10-8-22)17(23)19-12-14-3-5-15(24-2)6-4-14/h3-6,11H,7-10,12H2,1-2H3,(H,19,23). The Morgan fingerprint density at radius 2 is 1.96 bits per heavy atom. The normalized spacial score (nSPS) is 14.2. The first-order valence-corrected chi connectivity index (χ1v) is 8.25. The zero-order valence-electron chi connectivity index (χ0n) is 14.5. The molecule has 1 aromatic carbocycles. The van der Waals surface area contributed by atoms with E-state index < -0.39 is 0 Å². The predicted molar refractivity (Wildman–Crippen MR) is 94.0 cm³/mol. The van der Waals surface area contributed by atoms with E-state index in [0.29, 0.717) is 31.4 Å². The molecule has 1 N–H and O–H groups in total. The number of methoxy groups -OCH3 is 1. The van der Waals surface area contributed by atoms with Crippen molar-refractivity contribution >= 4 is 11.9 Å². The molecule has 0 radical (unpaired) electrons. The first-order valence-electron chi connectivity index (χ1n) is 8.25. The highest BCUT2D eigenvalue weighted by Gasteiger charge is 2.17. The molecule has 7 nitrogen and oxygen atoms in total. The van der Waals surface area contributed by atoms with Gasteiger partial charge in [0.2, 0.25) is 5.95 Å². The van der Waals surface area contributed by atoms with Crippen molar-refractivity contribution in [1.82, 2.24) is 15.3 Å². The third-order valence-corrected chi connectivity index (χ3v) is 3.98. The van der Waals surface area contributed by atoms with E-state index in [4.69, 9.17) is 9.47 Å². The van der Waals surface area contributed by atoms with Gasteiger partial charge in [0.25, 0.3) is 5.91 Å². The second-order valence-electron chi connectivity index (χ2n) is 5.82. The SMILES string of the molecule is COc1ccc(CNC(=O)c2cc(C)nc(N3CCOCC3)n2)cc1. The van der Waals surface area contributed by atoms with Gasteiger partial charge < -0.3 is 19.7 Å². The van der Waals surface area contributed by atoms with E-state index in [0.717, 1.165) is 30.1 Å². The number of morpholine rings is 1. The molecule has 1 aromatic heterocycles. The fraction of sp³-hybridized carbons (Fsp3) is 0.389. The van der Waals surface area contributed by atoms with Gasteiger partial charge in [-0.1, -0.05) is 12.1 Å². The molecule has 132 valence electrons. The molecule has 0 atom stereocenters. The Morgan fingerprint density at radius 1 is 1.24 bits per heavy atom. The Morgan fingerprint density at radius 3 is 2.64 bits per heavy atom. The van der Waals surface area contributed by atoms with Gasteiger partial charge in [-0.25, -0.2) is 9.97 Å². The van der Waals surface area contributed by atoms with Crippen molar-refractivity contribution in [3.8, 4) is 5.75 Å². The Balaban J connectivity index is 1.67. The van der Waals surface area contributed by atoms with Gasteiger partial charge in [0.1, 0.15) is 11.4 Å². The average Bonchev–Trinajstić information content (AvgIpc) is 2.66. The molecule has 3 rings (SSSR count). The van der Waals surface area contributed by atoms with Crippen LogP contribution in [0.3, 0.4) is 0 Å². The molecule has 1 aliphatic heterocycles. The van der Waals surface area contributed by atoms with Gasteiger partial charge in [-0.15, -0.1) is 0 Å². The molecule has 0 unspecified atom stereocenters. The van der Waals surface area contributed by atoms with Crippen LogP contribution in [0.25, 0.3) is 0 Å². The van der Waals surface area contributed by atoms with Gasteiger partial charge in [0.05, 0.1) is 20.3 Å². The summed E-state index contributed by atoms with van der Waals surface area (Å²) in [5.41, 5.74) is 2.14. The van der Waals surface area contributed by atoms with E-state index in [1.807, 2.05) is 36.1 Å². The number of aromatic nitrogens is 2. The number of rotatable bonds is 5. The summed E-state index contributed by atoms with van der Waals surface area (Å²) in [5, 5.41) is 2.90. The molecule has 0 bridgehead atoms. The minimum Gasteiger partial charge on any atom is -0.497 e. The first kappa shape index (κ1) is 17.2. The van der Waals surface area contributed by atoms with Crippen molar-refractivity contribution in [2.75, 3.05) is 38.3 Å². The van der Waals surface area contributed by atoms with Crippen LogP contribution in [0.4, 0.5) is 5.95 Å². The van der Waals surface area contributed by atoms with E-state index in [1.54, 1.807) is 13.2 Å². The summed E-state index contributed by atoms with van der Waals surface area (Å²) in [5.74, 6) is 1.16. The second-order valence-corrected chi connectivity index (χ2v) is 5.82. The lowest BCUT2D eigenvalue weighted by Crippen LogP contribution is -2.38. The van der Waals surface area contributed by atoms with Gasteiger partial charge in [-0.2, -0.15) is 0 Å². The maximum atomic E-state index is 12.5. The average molecular weight is 342 g/mol. The van der Waals surface area contributed by atoms with Gasteiger partial charge in [0, 0.05) is 25.3 Å². The molecule has 0 aliphatic carbocycles. The fourth-order valence-electron chi connectivity index (χ4n) is 2.59. The number of carbonyl (C=O) groups excluding carboxylic acids is 1. The van der Waals surface area contributed by atoms with E-state index in [9.17, 15) is 4.79 Å². The number of anilines is 1. The van der Waals surface area contributed by atoms with Crippen LogP contribution in [-0.4, -0.2) is 49.3 Å².